The molecule has 124 valence electrons. The van der Waals surface area contributed by atoms with Crippen molar-refractivity contribution in [2.24, 2.45) is 0 Å². The van der Waals surface area contributed by atoms with Gasteiger partial charge in [0, 0.05) is 12.7 Å². The number of aromatic nitrogens is 2. The van der Waals surface area contributed by atoms with Crippen molar-refractivity contribution < 1.29 is 9.90 Å². The number of hydrogen-bond acceptors (Lipinski definition) is 3. The number of benzene rings is 1. The second kappa shape index (κ2) is 6.96. The van der Waals surface area contributed by atoms with Crippen LogP contribution in [0.5, 0.6) is 0 Å². The lowest BCUT2D eigenvalue weighted by Gasteiger charge is -2.20. The van der Waals surface area contributed by atoms with E-state index in [9.17, 15) is 9.90 Å². The predicted molar refractivity (Wildman–Crippen MR) is 90.1 cm³/mol. The fourth-order valence-corrected chi connectivity index (χ4v) is 2.29. The lowest BCUT2D eigenvalue weighted by molar-refractivity contribution is -0.122. The number of aryl methyl sites for hydroxylation is 1. The molecule has 5 heteroatoms. The van der Waals surface area contributed by atoms with Gasteiger partial charge in [0.1, 0.15) is 6.54 Å². The van der Waals surface area contributed by atoms with E-state index in [0.717, 1.165) is 11.1 Å². The summed E-state index contributed by atoms with van der Waals surface area (Å²) in [7, 11) is 0. The summed E-state index contributed by atoms with van der Waals surface area (Å²) in [5, 5.41) is 17.0. The summed E-state index contributed by atoms with van der Waals surface area (Å²) in [6.07, 6.45) is 2.80. The van der Waals surface area contributed by atoms with Crippen LogP contribution in [0, 0.1) is 6.92 Å². The van der Waals surface area contributed by atoms with Crippen molar-refractivity contribution in [3.8, 4) is 0 Å². The van der Waals surface area contributed by atoms with Crippen LogP contribution in [0.3, 0.4) is 0 Å². The molecule has 0 aliphatic heterocycles. The highest BCUT2D eigenvalue weighted by molar-refractivity contribution is 5.75. The number of amides is 1. The van der Waals surface area contributed by atoms with Crippen molar-refractivity contribution in [1.82, 2.24) is 15.1 Å². The van der Waals surface area contributed by atoms with Gasteiger partial charge in [-0.2, -0.15) is 5.10 Å². The predicted octanol–water partition coefficient (Wildman–Crippen LogP) is 2.34. The smallest absolute Gasteiger partial charge is 0.241 e. The SMILES string of the molecule is Cc1cnn(CC(=O)NCC(O)c2ccc(C(C)(C)C)cc2)c1. The van der Waals surface area contributed by atoms with E-state index < -0.39 is 6.10 Å². The highest BCUT2D eigenvalue weighted by Crippen LogP contribution is 2.23. The van der Waals surface area contributed by atoms with Gasteiger partial charge in [-0.15, -0.1) is 0 Å². The van der Waals surface area contributed by atoms with Gasteiger partial charge in [0.05, 0.1) is 12.3 Å². The van der Waals surface area contributed by atoms with E-state index in [1.54, 1.807) is 17.1 Å². The molecule has 0 aliphatic carbocycles. The molecule has 0 spiro atoms. The molecule has 2 N–H and O–H groups in total. The summed E-state index contributed by atoms with van der Waals surface area (Å²) in [5.41, 5.74) is 3.11. The molecule has 1 amide bonds. The topological polar surface area (TPSA) is 67.2 Å². The van der Waals surface area contributed by atoms with Crippen molar-refractivity contribution in [3.63, 3.8) is 0 Å². The Balaban J connectivity index is 1.86. The van der Waals surface area contributed by atoms with Crippen LogP contribution in [-0.4, -0.2) is 27.3 Å². The second-order valence-corrected chi connectivity index (χ2v) is 6.91. The molecule has 2 aromatic rings. The molecular formula is C18H25N3O2. The summed E-state index contributed by atoms with van der Waals surface area (Å²) in [6.45, 7) is 8.71. The number of carbonyl (C=O) groups is 1. The Kier molecular flexibility index (Phi) is 5.21. The summed E-state index contributed by atoms with van der Waals surface area (Å²) < 4.78 is 1.58. The monoisotopic (exact) mass is 315 g/mol. The third-order valence-electron chi connectivity index (χ3n) is 3.72. The van der Waals surface area contributed by atoms with E-state index in [1.165, 1.54) is 5.56 Å². The first kappa shape index (κ1) is 17.2. The molecule has 1 unspecified atom stereocenters. The molecular weight excluding hydrogens is 290 g/mol. The summed E-state index contributed by atoms with van der Waals surface area (Å²) in [5.74, 6) is -0.168. The zero-order valence-corrected chi connectivity index (χ0v) is 14.2. The van der Waals surface area contributed by atoms with Crippen molar-refractivity contribution in [1.29, 1.82) is 0 Å². The van der Waals surface area contributed by atoms with E-state index in [1.807, 2.05) is 31.2 Å². The minimum atomic E-state index is -0.715. The van der Waals surface area contributed by atoms with Gasteiger partial charge in [-0.3, -0.25) is 9.48 Å². The lowest BCUT2D eigenvalue weighted by atomic mass is 9.86. The third kappa shape index (κ3) is 4.93. The Hall–Kier alpha value is -2.14. The maximum absolute atomic E-state index is 11.9. The van der Waals surface area contributed by atoms with Gasteiger partial charge >= 0.3 is 0 Å². The van der Waals surface area contributed by atoms with Gasteiger partial charge in [-0.1, -0.05) is 45.0 Å². The quantitative estimate of drug-likeness (QED) is 0.890. The molecule has 2 rings (SSSR count). The maximum Gasteiger partial charge on any atom is 0.241 e. The molecule has 1 aromatic heterocycles. The molecule has 1 aromatic carbocycles. The number of hydrogen-bond donors (Lipinski definition) is 2. The first-order valence-corrected chi connectivity index (χ1v) is 7.80. The maximum atomic E-state index is 11.9. The largest absolute Gasteiger partial charge is 0.387 e. The van der Waals surface area contributed by atoms with Crippen LogP contribution in [0.1, 0.15) is 43.6 Å². The Bertz CT molecular complexity index is 654. The fourth-order valence-electron chi connectivity index (χ4n) is 2.29. The second-order valence-electron chi connectivity index (χ2n) is 6.91. The van der Waals surface area contributed by atoms with E-state index >= 15 is 0 Å². The van der Waals surface area contributed by atoms with Gasteiger partial charge in [-0.05, 0) is 29.0 Å². The zero-order chi connectivity index (χ0) is 17.0. The van der Waals surface area contributed by atoms with E-state index in [0.29, 0.717) is 0 Å². The van der Waals surface area contributed by atoms with Crippen LogP contribution in [0.25, 0.3) is 0 Å². The van der Waals surface area contributed by atoms with Crippen LogP contribution >= 0.6 is 0 Å². The van der Waals surface area contributed by atoms with Gasteiger partial charge in [0.2, 0.25) is 5.91 Å². The fraction of sp³-hybridized carbons (Fsp3) is 0.444. The Morgan fingerprint density at radius 3 is 2.48 bits per heavy atom. The molecule has 0 bridgehead atoms. The minimum absolute atomic E-state index is 0.0829. The van der Waals surface area contributed by atoms with Crippen molar-refractivity contribution in [2.75, 3.05) is 6.54 Å². The molecule has 0 radical (unpaired) electrons. The lowest BCUT2D eigenvalue weighted by Crippen LogP contribution is -2.31. The van der Waals surface area contributed by atoms with Crippen molar-refractivity contribution in [3.05, 3.63) is 53.3 Å². The number of nitrogens with one attached hydrogen (secondary N) is 1. The summed E-state index contributed by atoms with van der Waals surface area (Å²) >= 11 is 0. The average Bonchev–Trinajstić information content (AvgIpc) is 2.89. The van der Waals surface area contributed by atoms with Gasteiger partial charge in [0.25, 0.3) is 0 Å². The average molecular weight is 315 g/mol. The van der Waals surface area contributed by atoms with E-state index in [2.05, 4.69) is 31.2 Å². The molecule has 0 saturated heterocycles. The number of rotatable bonds is 5. The highest BCUT2D eigenvalue weighted by atomic mass is 16.3. The van der Waals surface area contributed by atoms with Gasteiger partial charge < -0.3 is 10.4 Å². The van der Waals surface area contributed by atoms with Gasteiger partial charge in [-0.25, -0.2) is 0 Å². The minimum Gasteiger partial charge on any atom is -0.387 e. The molecule has 5 nitrogen and oxygen atoms in total. The van der Waals surface area contributed by atoms with Crippen LogP contribution in [-0.2, 0) is 16.8 Å². The van der Waals surface area contributed by atoms with Crippen LogP contribution in [0.2, 0.25) is 0 Å². The normalized spacial score (nSPS) is 12.9. The molecule has 0 fully saturated rings. The molecule has 23 heavy (non-hydrogen) atoms. The Morgan fingerprint density at radius 2 is 1.96 bits per heavy atom. The van der Waals surface area contributed by atoms with E-state index in [-0.39, 0.29) is 24.4 Å². The van der Waals surface area contributed by atoms with Crippen LogP contribution < -0.4 is 5.32 Å². The standard InChI is InChI=1S/C18H25N3O2/c1-13-9-20-21(11-13)12-17(23)19-10-16(22)14-5-7-15(8-6-14)18(2,3)4/h5-9,11,16,22H,10,12H2,1-4H3,(H,19,23). The molecule has 0 aliphatic rings. The number of nitrogens with zero attached hydrogens (tertiary/aromatic N) is 2. The Labute approximate surface area is 137 Å². The summed E-state index contributed by atoms with van der Waals surface area (Å²) in [4.78, 5) is 11.9. The zero-order valence-electron chi connectivity index (χ0n) is 14.2. The number of aliphatic hydroxyl groups is 1. The van der Waals surface area contributed by atoms with Crippen LogP contribution in [0.4, 0.5) is 0 Å². The third-order valence-corrected chi connectivity index (χ3v) is 3.72. The van der Waals surface area contributed by atoms with E-state index in [4.69, 9.17) is 0 Å². The molecule has 1 atom stereocenters. The number of aliphatic hydroxyl groups excluding tert-OH is 1. The first-order valence-electron chi connectivity index (χ1n) is 7.80. The highest BCUT2D eigenvalue weighted by Gasteiger charge is 2.15. The number of carbonyl (C=O) groups excluding carboxylic acids is 1. The molecule has 0 saturated carbocycles. The van der Waals surface area contributed by atoms with Crippen molar-refractivity contribution in [2.45, 2.75) is 45.8 Å². The first-order chi connectivity index (χ1) is 10.8. The van der Waals surface area contributed by atoms with Gasteiger partial charge in [0.15, 0.2) is 0 Å². The molecule has 1 heterocycles. The van der Waals surface area contributed by atoms with Crippen molar-refractivity contribution >= 4 is 5.91 Å². The Morgan fingerprint density at radius 1 is 1.30 bits per heavy atom. The summed E-state index contributed by atoms with van der Waals surface area (Å²) in [6, 6.07) is 7.86. The van der Waals surface area contributed by atoms with Crippen LogP contribution in [0.15, 0.2) is 36.7 Å².